The first-order chi connectivity index (χ1) is 13.1. The lowest BCUT2D eigenvalue weighted by atomic mass is 10.0. The minimum absolute atomic E-state index is 0.0145. The highest BCUT2D eigenvalue weighted by atomic mass is 35.5. The fourth-order valence-electron chi connectivity index (χ4n) is 2.53. The third-order valence-corrected chi connectivity index (χ3v) is 4.32. The molecule has 1 aliphatic heterocycles. The van der Waals surface area contributed by atoms with Crippen molar-refractivity contribution in [3.8, 4) is 5.75 Å². The molecular weight excluding hydrogens is 410 g/mol. The maximum Gasteiger partial charge on any atom is 0.348 e. The van der Waals surface area contributed by atoms with Gasteiger partial charge in [0.15, 0.2) is 0 Å². The third kappa shape index (κ3) is 4.64. The quantitative estimate of drug-likeness (QED) is 0.395. The van der Waals surface area contributed by atoms with Gasteiger partial charge in [0.2, 0.25) is 0 Å². The molecule has 0 atom stereocenters. The molecule has 146 valence electrons. The zero-order valence-electron chi connectivity index (χ0n) is 14.9. The maximum absolute atomic E-state index is 13.0. The van der Waals surface area contributed by atoms with Crippen molar-refractivity contribution >= 4 is 41.2 Å². The van der Waals surface area contributed by atoms with Gasteiger partial charge in [-0.05, 0) is 48.0 Å². The lowest BCUT2D eigenvalue weighted by Crippen LogP contribution is -2.41. The molecule has 0 amide bonds. The number of rotatable bonds is 4. The highest BCUT2D eigenvalue weighted by Crippen LogP contribution is 2.31. The first kappa shape index (κ1) is 20.2. The molecule has 0 bridgehead atoms. The summed E-state index contributed by atoms with van der Waals surface area (Å²) in [6.45, 7) is 2.92. The number of halogens is 3. The SMILES string of the molecule is CC1(C)OC(=O)C(=Cc2c(Cl)cc(Cl)cc2COc2ccc(F)cc2)C(=O)O1. The lowest BCUT2D eigenvalue weighted by molar-refractivity contribution is -0.222. The minimum Gasteiger partial charge on any atom is -0.489 e. The molecule has 0 spiro atoms. The van der Waals surface area contributed by atoms with Crippen molar-refractivity contribution in [1.29, 1.82) is 0 Å². The molecule has 0 radical (unpaired) electrons. The lowest BCUT2D eigenvalue weighted by Gasteiger charge is -2.29. The van der Waals surface area contributed by atoms with Gasteiger partial charge in [-0.15, -0.1) is 0 Å². The Morgan fingerprint density at radius 1 is 1.07 bits per heavy atom. The predicted octanol–water partition coefficient (Wildman–Crippen LogP) is 4.93. The van der Waals surface area contributed by atoms with Crippen LogP contribution in [-0.4, -0.2) is 17.7 Å². The second-order valence-electron chi connectivity index (χ2n) is 6.44. The smallest absolute Gasteiger partial charge is 0.348 e. The van der Waals surface area contributed by atoms with E-state index in [-0.39, 0.29) is 23.0 Å². The van der Waals surface area contributed by atoms with E-state index in [0.29, 0.717) is 21.9 Å². The Morgan fingerprint density at radius 2 is 1.68 bits per heavy atom. The molecule has 0 aliphatic carbocycles. The number of carbonyl (C=O) groups is 2. The van der Waals surface area contributed by atoms with Gasteiger partial charge in [0.05, 0.1) is 0 Å². The van der Waals surface area contributed by atoms with Gasteiger partial charge in [0.1, 0.15) is 23.7 Å². The molecule has 5 nitrogen and oxygen atoms in total. The maximum atomic E-state index is 13.0. The van der Waals surface area contributed by atoms with E-state index in [2.05, 4.69) is 0 Å². The van der Waals surface area contributed by atoms with Gasteiger partial charge in [-0.25, -0.2) is 14.0 Å². The first-order valence-electron chi connectivity index (χ1n) is 8.19. The van der Waals surface area contributed by atoms with Crippen LogP contribution in [0.5, 0.6) is 5.75 Å². The summed E-state index contributed by atoms with van der Waals surface area (Å²) in [5, 5.41) is 0.558. The summed E-state index contributed by atoms with van der Waals surface area (Å²) in [6.07, 6.45) is 1.28. The molecule has 28 heavy (non-hydrogen) atoms. The van der Waals surface area contributed by atoms with Gasteiger partial charge in [0, 0.05) is 29.5 Å². The van der Waals surface area contributed by atoms with Crippen LogP contribution < -0.4 is 4.74 Å². The summed E-state index contributed by atoms with van der Waals surface area (Å²) in [5.74, 6) is -2.95. The Kier molecular flexibility index (Phi) is 5.63. The topological polar surface area (TPSA) is 61.8 Å². The number of hydrogen-bond acceptors (Lipinski definition) is 5. The molecule has 2 aromatic carbocycles. The summed E-state index contributed by atoms with van der Waals surface area (Å²) < 4.78 is 28.8. The van der Waals surface area contributed by atoms with Crippen LogP contribution in [0.4, 0.5) is 4.39 Å². The summed E-state index contributed by atoms with van der Waals surface area (Å²) in [6, 6.07) is 8.53. The van der Waals surface area contributed by atoms with E-state index in [9.17, 15) is 14.0 Å². The molecule has 0 aromatic heterocycles. The standard InChI is InChI=1S/C20H15Cl2FO5/c1-20(2)27-18(24)16(19(25)28-20)9-15-11(7-12(21)8-17(15)22)10-26-14-5-3-13(23)4-6-14/h3-9H,10H2,1-2H3. The zero-order chi connectivity index (χ0) is 20.5. The normalized spacial score (nSPS) is 15.7. The van der Waals surface area contributed by atoms with Gasteiger partial charge >= 0.3 is 11.9 Å². The fraction of sp³-hybridized carbons (Fsp3) is 0.200. The molecule has 2 aromatic rings. The number of carbonyl (C=O) groups excluding carboxylic acids is 2. The van der Waals surface area contributed by atoms with Crippen molar-refractivity contribution in [2.24, 2.45) is 0 Å². The average molecular weight is 425 g/mol. The van der Waals surface area contributed by atoms with Crippen LogP contribution in [-0.2, 0) is 25.7 Å². The van der Waals surface area contributed by atoms with Gasteiger partial charge in [-0.1, -0.05) is 23.2 Å². The number of hydrogen-bond donors (Lipinski definition) is 0. The van der Waals surface area contributed by atoms with Crippen molar-refractivity contribution in [3.63, 3.8) is 0 Å². The van der Waals surface area contributed by atoms with Crippen LogP contribution >= 0.6 is 23.2 Å². The molecule has 8 heteroatoms. The molecule has 1 saturated heterocycles. The van der Waals surface area contributed by atoms with Crippen LogP contribution in [0.25, 0.3) is 6.08 Å². The molecule has 0 unspecified atom stereocenters. The minimum atomic E-state index is -1.34. The Bertz CT molecular complexity index is 945. The Morgan fingerprint density at radius 3 is 2.29 bits per heavy atom. The summed E-state index contributed by atoms with van der Waals surface area (Å²) in [5.41, 5.74) is 0.572. The van der Waals surface area contributed by atoms with Gasteiger partial charge in [-0.2, -0.15) is 0 Å². The van der Waals surface area contributed by atoms with Crippen LogP contribution in [0.3, 0.4) is 0 Å². The molecule has 1 aliphatic rings. The van der Waals surface area contributed by atoms with Crippen LogP contribution in [0, 0.1) is 5.82 Å². The van der Waals surface area contributed by atoms with Crippen LogP contribution in [0.2, 0.25) is 10.0 Å². The second-order valence-corrected chi connectivity index (χ2v) is 7.28. The van der Waals surface area contributed by atoms with E-state index >= 15 is 0 Å². The summed E-state index contributed by atoms with van der Waals surface area (Å²) in [7, 11) is 0. The van der Waals surface area contributed by atoms with E-state index in [0.717, 1.165) is 0 Å². The highest BCUT2D eigenvalue weighted by Gasteiger charge is 2.39. The molecule has 0 N–H and O–H groups in total. The van der Waals surface area contributed by atoms with Crippen molar-refractivity contribution in [3.05, 3.63) is 69.0 Å². The van der Waals surface area contributed by atoms with Crippen molar-refractivity contribution in [2.75, 3.05) is 0 Å². The Labute approximate surface area is 170 Å². The molecule has 1 heterocycles. The summed E-state index contributed by atoms with van der Waals surface area (Å²) >= 11 is 12.3. The Hall–Kier alpha value is -2.57. The highest BCUT2D eigenvalue weighted by molar-refractivity contribution is 6.36. The predicted molar refractivity (Wildman–Crippen MR) is 101 cm³/mol. The largest absolute Gasteiger partial charge is 0.489 e. The van der Waals surface area contributed by atoms with E-state index in [4.69, 9.17) is 37.4 Å². The molecule has 1 fully saturated rings. The van der Waals surface area contributed by atoms with E-state index in [1.54, 1.807) is 6.07 Å². The zero-order valence-corrected chi connectivity index (χ0v) is 16.4. The van der Waals surface area contributed by atoms with Gasteiger partial charge < -0.3 is 14.2 Å². The Balaban J connectivity index is 1.93. The molecule has 3 rings (SSSR count). The monoisotopic (exact) mass is 424 g/mol. The second kappa shape index (κ2) is 7.81. The van der Waals surface area contributed by atoms with Crippen molar-refractivity contribution in [1.82, 2.24) is 0 Å². The number of cyclic esters (lactones) is 2. The molecular formula is C20H15Cl2FO5. The van der Waals surface area contributed by atoms with E-state index < -0.39 is 17.7 Å². The van der Waals surface area contributed by atoms with Crippen LogP contribution in [0.1, 0.15) is 25.0 Å². The fourth-order valence-corrected chi connectivity index (χ4v) is 3.12. The van der Waals surface area contributed by atoms with Gasteiger partial charge in [0.25, 0.3) is 5.79 Å². The number of ether oxygens (including phenoxy) is 3. The number of esters is 2. The molecule has 0 saturated carbocycles. The van der Waals surface area contributed by atoms with Crippen LogP contribution in [0.15, 0.2) is 42.0 Å². The van der Waals surface area contributed by atoms with Crippen molar-refractivity contribution < 1.29 is 28.2 Å². The summed E-state index contributed by atoms with van der Waals surface area (Å²) in [4.78, 5) is 24.4. The van der Waals surface area contributed by atoms with E-state index in [1.807, 2.05) is 0 Å². The number of benzene rings is 2. The van der Waals surface area contributed by atoms with E-state index in [1.165, 1.54) is 50.3 Å². The van der Waals surface area contributed by atoms with Crippen molar-refractivity contribution in [2.45, 2.75) is 26.2 Å². The third-order valence-electron chi connectivity index (χ3n) is 3.79. The van der Waals surface area contributed by atoms with Gasteiger partial charge in [-0.3, -0.25) is 0 Å². The average Bonchev–Trinajstić information content (AvgIpc) is 2.58. The first-order valence-corrected chi connectivity index (χ1v) is 8.95.